The number of ether oxygens (including phenoxy) is 1. The number of benzene rings is 1. The molecule has 1 aliphatic heterocycles. The van der Waals surface area contributed by atoms with Crippen LogP contribution in [0.1, 0.15) is 23.4 Å². The molecular formula is C24H23N3O3S2. The van der Waals surface area contributed by atoms with Crippen molar-refractivity contribution >= 4 is 40.4 Å². The van der Waals surface area contributed by atoms with Crippen molar-refractivity contribution in [3.8, 4) is 0 Å². The summed E-state index contributed by atoms with van der Waals surface area (Å²) in [6.07, 6.45) is 3.38. The van der Waals surface area contributed by atoms with E-state index in [1.807, 2.05) is 66.8 Å². The highest BCUT2D eigenvalue weighted by Crippen LogP contribution is 2.33. The third-order valence-corrected chi connectivity index (χ3v) is 7.00. The summed E-state index contributed by atoms with van der Waals surface area (Å²) in [7, 11) is 3.97. The van der Waals surface area contributed by atoms with Crippen molar-refractivity contribution in [3.05, 3.63) is 95.8 Å². The van der Waals surface area contributed by atoms with Gasteiger partial charge in [-0.3, -0.25) is 9.36 Å². The van der Waals surface area contributed by atoms with Crippen molar-refractivity contribution in [1.29, 1.82) is 0 Å². The molecule has 32 heavy (non-hydrogen) atoms. The number of allylic oxidation sites excluding steroid dienone is 1. The van der Waals surface area contributed by atoms with Crippen molar-refractivity contribution in [2.24, 2.45) is 4.99 Å². The number of thiazole rings is 1. The lowest BCUT2D eigenvalue weighted by molar-refractivity contribution is -0.138. The Kier molecular flexibility index (Phi) is 6.25. The van der Waals surface area contributed by atoms with Gasteiger partial charge in [-0.2, -0.15) is 0 Å². The molecule has 164 valence electrons. The van der Waals surface area contributed by atoms with Gasteiger partial charge in [0, 0.05) is 24.7 Å². The van der Waals surface area contributed by atoms with Gasteiger partial charge in [0.2, 0.25) is 0 Å². The van der Waals surface area contributed by atoms with E-state index in [1.54, 1.807) is 11.5 Å². The van der Waals surface area contributed by atoms with Crippen LogP contribution in [0.2, 0.25) is 0 Å². The standard InChI is InChI=1S/C24H23N3O3S2/c1-5-12-30-23(29)20-15(2)25-24-27(21(20)18-7-6-13-31-18)22(28)19(32-24)14-16-8-10-17(11-9-16)26(3)4/h5-11,13-14,21H,1,12H2,2-4H3/b19-14+/t21-/m0/s1. The minimum atomic E-state index is -0.568. The number of thiophene rings is 1. The second-order valence-electron chi connectivity index (χ2n) is 7.47. The van der Waals surface area contributed by atoms with Gasteiger partial charge >= 0.3 is 5.97 Å². The maximum absolute atomic E-state index is 13.5. The maximum Gasteiger partial charge on any atom is 0.338 e. The fourth-order valence-electron chi connectivity index (χ4n) is 3.53. The highest BCUT2D eigenvalue weighted by molar-refractivity contribution is 7.10. The third-order valence-electron chi connectivity index (χ3n) is 5.09. The third kappa shape index (κ3) is 4.11. The van der Waals surface area contributed by atoms with E-state index in [4.69, 9.17) is 4.74 Å². The lowest BCUT2D eigenvalue weighted by atomic mass is 10.0. The number of rotatable bonds is 6. The highest BCUT2D eigenvalue weighted by atomic mass is 32.1. The quantitative estimate of drug-likeness (QED) is 0.415. The minimum Gasteiger partial charge on any atom is -0.458 e. The van der Waals surface area contributed by atoms with E-state index in [0.29, 0.717) is 20.6 Å². The van der Waals surface area contributed by atoms with Gasteiger partial charge in [0.1, 0.15) is 12.6 Å². The molecule has 8 heteroatoms. The number of esters is 1. The number of hydrogen-bond acceptors (Lipinski definition) is 7. The fourth-order valence-corrected chi connectivity index (χ4v) is 5.40. The lowest BCUT2D eigenvalue weighted by Gasteiger charge is -2.23. The number of carbonyl (C=O) groups is 1. The molecule has 1 aromatic carbocycles. The average molecular weight is 466 g/mol. The molecule has 0 fully saturated rings. The second kappa shape index (κ2) is 9.10. The Morgan fingerprint density at radius 3 is 2.66 bits per heavy atom. The number of nitrogens with zero attached hydrogens (tertiary/aromatic N) is 3. The van der Waals surface area contributed by atoms with Crippen molar-refractivity contribution in [3.63, 3.8) is 0 Å². The summed E-state index contributed by atoms with van der Waals surface area (Å²) in [6.45, 7) is 5.48. The normalized spacial score (nSPS) is 15.8. The molecule has 0 saturated carbocycles. The van der Waals surface area contributed by atoms with E-state index < -0.39 is 12.0 Å². The van der Waals surface area contributed by atoms with Gasteiger partial charge in [-0.05, 0) is 42.1 Å². The Balaban J connectivity index is 1.85. The molecule has 0 bridgehead atoms. The maximum atomic E-state index is 13.5. The summed E-state index contributed by atoms with van der Waals surface area (Å²) in [5.74, 6) is -0.488. The highest BCUT2D eigenvalue weighted by Gasteiger charge is 2.33. The first-order valence-corrected chi connectivity index (χ1v) is 11.7. The predicted molar refractivity (Wildman–Crippen MR) is 130 cm³/mol. The molecule has 0 saturated heterocycles. The van der Waals surface area contributed by atoms with Crippen LogP contribution in [-0.2, 0) is 9.53 Å². The summed E-state index contributed by atoms with van der Waals surface area (Å²) in [5.41, 5.74) is 2.77. The average Bonchev–Trinajstić information content (AvgIpc) is 3.40. The van der Waals surface area contributed by atoms with Crippen LogP contribution in [0.5, 0.6) is 0 Å². The number of aromatic nitrogens is 1. The molecule has 0 N–H and O–H groups in total. The Morgan fingerprint density at radius 1 is 1.28 bits per heavy atom. The van der Waals surface area contributed by atoms with Crippen molar-refractivity contribution in [2.45, 2.75) is 13.0 Å². The van der Waals surface area contributed by atoms with E-state index in [1.165, 1.54) is 28.7 Å². The first-order valence-electron chi connectivity index (χ1n) is 10.0. The number of carbonyl (C=O) groups excluding carboxylic acids is 1. The molecule has 6 nitrogen and oxygen atoms in total. The zero-order valence-corrected chi connectivity index (χ0v) is 19.7. The summed E-state index contributed by atoms with van der Waals surface area (Å²) in [4.78, 5) is 34.4. The number of anilines is 1. The summed E-state index contributed by atoms with van der Waals surface area (Å²) < 4.78 is 7.49. The van der Waals surface area contributed by atoms with E-state index in [0.717, 1.165) is 16.1 Å². The Labute approximate surface area is 193 Å². The van der Waals surface area contributed by atoms with Crippen molar-refractivity contribution in [1.82, 2.24) is 4.57 Å². The zero-order chi connectivity index (χ0) is 22.8. The molecule has 4 rings (SSSR count). The molecule has 3 heterocycles. The van der Waals surface area contributed by atoms with Crippen LogP contribution in [0.4, 0.5) is 5.69 Å². The van der Waals surface area contributed by atoms with Gasteiger partial charge < -0.3 is 9.64 Å². The van der Waals surface area contributed by atoms with Crippen LogP contribution >= 0.6 is 22.7 Å². The first-order chi connectivity index (χ1) is 15.4. The van der Waals surface area contributed by atoms with E-state index in [2.05, 4.69) is 11.6 Å². The van der Waals surface area contributed by atoms with Crippen LogP contribution in [-0.4, -0.2) is 31.2 Å². The van der Waals surface area contributed by atoms with E-state index >= 15 is 0 Å². The van der Waals surface area contributed by atoms with Gasteiger partial charge in [0.05, 0.1) is 15.8 Å². The molecule has 2 aromatic heterocycles. The molecule has 1 atom stereocenters. The summed E-state index contributed by atoms with van der Waals surface area (Å²) >= 11 is 2.82. The second-order valence-corrected chi connectivity index (χ2v) is 9.46. The van der Waals surface area contributed by atoms with Gasteiger partial charge in [-0.15, -0.1) is 11.3 Å². The van der Waals surface area contributed by atoms with Gasteiger partial charge in [-0.25, -0.2) is 9.79 Å². The molecule has 0 aliphatic carbocycles. The monoisotopic (exact) mass is 465 g/mol. The lowest BCUT2D eigenvalue weighted by Crippen LogP contribution is -2.39. The Bertz CT molecular complexity index is 1360. The summed E-state index contributed by atoms with van der Waals surface area (Å²) in [6, 6.07) is 11.2. The van der Waals surface area contributed by atoms with Gasteiger partial charge in [0.25, 0.3) is 5.56 Å². The largest absolute Gasteiger partial charge is 0.458 e. The first kappa shape index (κ1) is 22.0. The van der Waals surface area contributed by atoms with Gasteiger partial charge in [-0.1, -0.05) is 42.2 Å². The molecule has 0 radical (unpaired) electrons. The molecule has 1 aliphatic rings. The summed E-state index contributed by atoms with van der Waals surface area (Å²) in [5, 5.41) is 1.93. The van der Waals surface area contributed by atoms with E-state index in [9.17, 15) is 9.59 Å². The topological polar surface area (TPSA) is 63.9 Å². The minimum absolute atomic E-state index is 0.0974. The van der Waals surface area contributed by atoms with Crippen molar-refractivity contribution in [2.75, 3.05) is 25.6 Å². The zero-order valence-electron chi connectivity index (χ0n) is 18.1. The molecular weight excluding hydrogens is 442 g/mol. The fraction of sp³-hybridized carbons (Fsp3) is 0.208. The number of hydrogen-bond donors (Lipinski definition) is 0. The van der Waals surface area contributed by atoms with Crippen LogP contribution in [0.15, 0.2) is 75.5 Å². The number of fused-ring (bicyclic) bond motifs is 1. The molecule has 3 aromatic rings. The van der Waals surface area contributed by atoms with Crippen LogP contribution in [0.25, 0.3) is 6.08 Å². The van der Waals surface area contributed by atoms with Crippen LogP contribution in [0.3, 0.4) is 0 Å². The van der Waals surface area contributed by atoms with Gasteiger partial charge in [0.15, 0.2) is 4.80 Å². The van der Waals surface area contributed by atoms with Crippen LogP contribution in [0, 0.1) is 0 Å². The molecule has 0 amide bonds. The Morgan fingerprint density at radius 2 is 2.03 bits per heavy atom. The van der Waals surface area contributed by atoms with Crippen LogP contribution < -0.4 is 19.8 Å². The predicted octanol–water partition coefficient (Wildman–Crippen LogP) is 3.09. The smallest absolute Gasteiger partial charge is 0.338 e. The molecule has 0 unspecified atom stereocenters. The SMILES string of the molecule is C=CCOC(=O)C1=C(C)N=c2s/c(=C/c3ccc(N(C)C)cc3)c(=O)n2[C@H]1c1cccs1. The Hall–Kier alpha value is -3.23. The van der Waals surface area contributed by atoms with Crippen molar-refractivity contribution < 1.29 is 9.53 Å². The van der Waals surface area contributed by atoms with E-state index in [-0.39, 0.29) is 12.2 Å². The molecule has 0 spiro atoms.